The van der Waals surface area contributed by atoms with Gasteiger partial charge in [-0.1, -0.05) is 18.2 Å². The van der Waals surface area contributed by atoms with E-state index in [2.05, 4.69) is 33.8 Å². The molecule has 3 aromatic rings. The fourth-order valence-electron chi connectivity index (χ4n) is 1.98. The Morgan fingerprint density at radius 1 is 1.12 bits per heavy atom. The normalized spacial score (nSPS) is 10.9. The summed E-state index contributed by atoms with van der Waals surface area (Å²) >= 11 is 0. The third-order valence-electron chi connectivity index (χ3n) is 2.85. The molecule has 3 heteroatoms. The highest BCUT2D eigenvalue weighted by Crippen LogP contribution is 2.19. The van der Waals surface area contributed by atoms with Crippen LogP contribution in [0.15, 0.2) is 54.9 Å². The van der Waals surface area contributed by atoms with Gasteiger partial charge in [0.05, 0.1) is 0 Å². The van der Waals surface area contributed by atoms with Crippen LogP contribution >= 0.6 is 0 Å². The number of benzene rings is 1. The fourth-order valence-corrected chi connectivity index (χ4v) is 1.98. The number of para-hydroxylation sites is 1. The van der Waals surface area contributed by atoms with E-state index in [-0.39, 0.29) is 0 Å². The zero-order valence-electron chi connectivity index (χ0n) is 9.38. The lowest BCUT2D eigenvalue weighted by molar-refractivity contribution is 1.04. The number of fused-ring (bicyclic) bond motifs is 1. The number of aromatic nitrogens is 2. The molecule has 0 unspecified atom stereocenters. The minimum absolute atomic E-state index is 0.527. The van der Waals surface area contributed by atoms with Gasteiger partial charge >= 0.3 is 0 Å². The van der Waals surface area contributed by atoms with E-state index in [1.54, 1.807) is 0 Å². The van der Waals surface area contributed by atoms with Gasteiger partial charge in [0, 0.05) is 30.0 Å². The first kappa shape index (κ1) is 10.1. The van der Waals surface area contributed by atoms with Crippen molar-refractivity contribution in [2.24, 2.45) is 5.73 Å². The van der Waals surface area contributed by atoms with Gasteiger partial charge in [0.25, 0.3) is 0 Å². The molecule has 0 aliphatic heterocycles. The Morgan fingerprint density at radius 2 is 1.94 bits per heavy atom. The standard InChI is InChI=1S/C14H13N3/c15-9-11-8-12-6-7-17(14(12)16-10-11)13-4-2-1-3-5-13/h1-8,10H,9,15H2. The number of pyridine rings is 1. The second-order valence-corrected chi connectivity index (χ2v) is 3.98. The Morgan fingerprint density at radius 3 is 2.71 bits per heavy atom. The molecule has 84 valence electrons. The van der Waals surface area contributed by atoms with E-state index in [0.717, 1.165) is 22.3 Å². The molecular formula is C14H13N3. The molecule has 0 fully saturated rings. The second kappa shape index (κ2) is 4.03. The van der Waals surface area contributed by atoms with E-state index in [9.17, 15) is 0 Å². The summed E-state index contributed by atoms with van der Waals surface area (Å²) in [4.78, 5) is 4.47. The summed E-state index contributed by atoms with van der Waals surface area (Å²) in [5.41, 5.74) is 8.76. The summed E-state index contributed by atoms with van der Waals surface area (Å²) in [5.74, 6) is 0. The van der Waals surface area contributed by atoms with Gasteiger partial charge in [0.1, 0.15) is 5.65 Å². The summed E-state index contributed by atoms with van der Waals surface area (Å²) in [6.45, 7) is 0.527. The van der Waals surface area contributed by atoms with E-state index in [0.29, 0.717) is 6.54 Å². The summed E-state index contributed by atoms with van der Waals surface area (Å²) in [5, 5.41) is 1.12. The molecule has 3 rings (SSSR count). The van der Waals surface area contributed by atoms with E-state index in [1.807, 2.05) is 30.6 Å². The maximum Gasteiger partial charge on any atom is 0.144 e. The van der Waals surface area contributed by atoms with Gasteiger partial charge < -0.3 is 10.3 Å². The minimum Gasteiger partial charge on any atom is -0.326 e. The molecule has 2 N–H and O–H groups in total. The lowest BCUT2D eigenvalue weighted by Crippen LogP contribution is -1.98. The van der Waals surface area contributed by atoms with Gasteiger partial charge in [-0.2, -0.15) is 0 Å². The maximum atomic E-state index is 5.61. The molecule has 0 aliphatic carbocycles. The van der Waals surface area contributed by atoms with Crippen LogP contribution in [0.5, 0.6) is 0 Å². The van der Waals surface area contributed by atoms with Crippen molar-refractivity contribution in [3.05, 3.63) is 60.4 Å². The number of nitrogens with zero attached hydrogens (tertiary/aromatic N) is 2. The molecule has 2 aromatic heterocycles. The first-order chi connectivity index (χ1) is 8.38. The van der Waals surface area contributed by atoms with Gasteiger partial charge in [-0.25, -0.2) is 4.98 Å². The third-order valence-corrected chi connectivity index (χ3v) is 2.85. The molecule has 3 nitrogen and oxygen atoms in total. The molecule has 0 amide bonds. The van der Waals surface area contributed by atoms with Crippen molar-refractivity contribution >= 4 is 11.0 Å². The van der Waals surface area contributed by atoms with Crippen LogP contribution in [0.2, 0.25) is 0 Å². The van der Waals surface area contributed by atoms with Crippen molar-refractivity contribution in [2.45, 2.75) is 6.54 Å². The number of hydrogen-bond acceptors (Lipinski definition) is 2. The van der Waals surface area contributed by atoms with Crippen molar-refractivity contribution < 1.29 is 0 Å². The van der Waals surface area contributed by atoms with Crippen molar-refractivity contribution in [3.8, 4) is 5.69 Å². The molecule has 0 atom stereocenters. The van der Waals surface area contributed by atoms with Crippen LogP contribution in [-0.4, -0.2) is 9.55 Å². The molecule has 0 spiro atoms. The van der Waals surface area contributed by atoms with Crippen LogP contribution in [0.1, 0.15) is 5.56 Å². The van der Waals surface area contributed by atoms with Gasteiger partial charge in [-0.05, 0) is 29.8 Å². The molecule has 0 aliphatic rings. The van der Waals surface area contributed by atoms with Crippen molar-refractivity contribution in [1.82, 2.24) is 9.55 Å². The largest absolute Gasteiger partial charge is 0.326 e. The van der Waals surface area contributed by atoms with Gasteiger partial charge in [0.2, 0.25) is 0 Å². The summed E-state index contributed by atoms with van der Waals surface area (Å²) in [6.07, 6.45) is 3.87. The predicted octanol–water partition coefficient (Wildman–Crippen LogP) is 2.48. The molecule has 17 heavy (non-hydrogen) atoms. The molecule has 0 saturated carbocycles. The Kier molecular flexibility index (Phi) is 2.38. The Labute approximate surface area is 99.5 Å². The quantitative estimate of drug-likeness (QED) is 0.725. The van der Waals surface area contributed by atoms with Gasteiger partial charge in [0.15, 0.2) is 0 Å². The predicted molar refractivity (Wildman–Crippen MR) is 69.0 cm³/mol. The minimum atomic E-state index is 0.527. The molecule has 0 saturated heterocycles. The smallest absolute Gasteiger partial charge is 0.144 e. The van der Waals surface area contributed by atoms with E-state index in [1.165, 1.54) is 0 Å². The van der Waals surface area contributed by atoms with Crippen LogP contribution in [-0.2, 0) is 6.54 Å². The highest BCUT2D eigenvalue weighted by atomic mass is 15.0. The lowest BCUT2D eigenvalue weighted by Gasteiger charge is -2.04. The number of hydrogen-bond donors (Lipinski definition) is 1. The van der Waals surface area contributed by atoms with Crippen LogP contribution in [0.4, 0.5) is 0 Å². The van der Waals surface area contributed by atoms with Crippen molar-refractivity contribution in [1.29, 1.82) is 0 Å². The van der Waals surface area contributed by atoms with Crippen LogP contribution in [0, 0.1) is 0 Å². The third kappa shape index (κ3) is 1.70. The molecule has 2 heterocycles. The molecule has 0 bridgehead atoms. The average Bonchev–Trinajstić information content (AvgIpc) is 2.82. The maximum absolute atomic E-state index is 5.61. The van der Waals surface area contributed by atoms with Crippen molar-refractivity contribution in [3.63, 3.8) is 0 Å². The monoisotopic (exact) mass is 223 g/mol. The first-order valence-electron chi connectivity index (χ1n) is 5.60. The van der Waals surface area contributed by atoms with Crippen LogP contribution in [0.25, 0.3) is 16.7 Å². The topological polar surface area (TPSA) is 43.8 Å². The summed E-state index contributed by atoms with van der Waals surface area (Å²) < 4.78 is 2.08. The Hall–Kier alpha value is -2.13. The average molecular weight is 223 g/mol. The van der Waals surface area contributed by atoms with E-state index in [4.69, 9.17) is 5.73 Å². The van der Waals surface area contributed by atoms with Crippen LogP contribution in [0.3, 0.4) is 0 Å². The number of rotatable bonds is 2. The summed E-state index contributed by atoms with van der Waals surface area (Å²) in [7, 11) is 0. The number of nitrogens with two attached hydrogens (primary N) is 1. The lowest BCUT2D eigenvalue weighted by atomic mass is 10.2. The van der Waals surface area contributed by atoms with Crippen molar-refractivity contribution in [2.75, 3.05) is 0 Å². The van der Waals surface area contributed by atoms with E-state index >= 15 is 0 Å². The SMILES string of the molecule is NCc1cnc2c(ccn2-c2ccccc2)c1. The molecule has 0 radical (unpaired) electrons. The van der Waals surface area contributed by atoms with Crippen LogP contribution < -0.4 is 5.73 Å². The molecular weight excluding hydrogens is 210 g/mol. The van der Waals surface area contributed by atoms with Gasteiger partial charge in [-0.15, -0.1) is 0 Å². The van der Waals surface area contributed by atoms with Gasteiger partial charge in [-0.3, -0.25) is 0 Å². The summed E-state index contributed by atoms with van der Waals surface area (Å²) in [6, 6.07) is 14.3. The zero-order chi connectivity index (χ0) is 11.7. The Balaban J connectivity index is 2.19. The fraction of sp³-hybridized carbons (Fsp3) is 0.0714. The highest BCUT2D eigenvalue weighted by Gasteiger charge is 2.04. The Bertz CT molecular complexity index is 641. The second-order valence-electron chi connectivity index (χ2n) is 3.98. The molecule has 1 aromatic carbocycles. The zero-order valence-corrected chi connectivity index (χ0v) is 9.38. The first-order valence-corrected chi connectivity index (χ1v) is 5.60. The van der Waals surface area contributed by atoms with E-state index < -0.39 is 0 Å². The highest BCUT2D eigenvalue weighted by molar-refractivity contribution is 5.78.